The van der Waals surface area contributed by atoms with Gasteiger partial charge >= 0.3 is 0 Å². The molecule has 2 aromatic rings. The molecule has 1 atom stereocenters. The number of carbonyl (C=O) groups is 1. The lowest BCUT2D eigenvalue weighted by Gasteiger charge is -2.24. The summed E-state index contributed by atoms with van der Waals surface area (Å²) < 4.78 is 11.0. The Balaban J connectivity index is 2.07. The first kappa shape index (κ1) is 27.7. The number of hydrogen-bond acceptors (Lipinski definition) is 4. The molecule has 3 N–H and O–H groups in total. The fourth-order valence-corrected chi connectivity index (χ4v) is 4.49. The summed E-state index contributed by atoms with van der Waals surface area (Å²) in [4.78, 5) is 12.9. The molecule has 0 aliphatic heterocycles. The smallest absolute Gasteiger partial charge is 0.224 e. The molecular weight excluding hydrogens is 424 g/mol. The van der Waals surface area contributed by atoms with Gasteiger partial charge in [0, 0.05) is 18.2 Å². The van der Waals surface area contributed by atoms with Gasteiger partial charge in [0.2, 0.25) is 5.91 Å². The van der Waals surface area contributed by atoms with E-state index in [1.54, 1.807) is 14.2 Å². The fourth-order valence-electron chi connectivity index (χ4n) is 4.49. The zero-order valence-corrected chi connectivity index (χ0v) is 22.0. The van der Waals surface area contributed by atoms with Gasteiger partial charge in [-0.05, 0) is 78.8 Å². The third-order valence-corrected chi connectivity index (χ3v) is 6.31. The number of anilines is 1. The van der Waals surface area contributed by atoms with Crippen LogP contribution in [0.5, 0.6) is 11.5 Å². The average Bonchev–Trinajstić information content (AvgIpc) is 2.81. The molecule has 0 fully saturated rings. The first-order chi connectivity index (χ1) is 16.2. The first-order valence-corrected chi connectivity index (χ1v) is 12.6. The lowest BCUT2D eigenvalue weighted by Crippen LogP contribution is -2.19. The molecule has 2 rings (SSSR count). The van der Waals surface area contributed by atoms with E-state index in [1.165, 1.54) is 11.1 Å². The van der Waals surface area contributed by atoms with Crippen LogP contribution in [0, 0.1) is 0 Å². The summed E-state index contributed by atoms with van der Waals surface area (Å²) in [7, 11) is 3.36. The highest BCUT2D eigenvalue weighted by atomic mass is 16.5. The summed E-state index contributed by atoms with van der Waals surface area (Å²) in [6.45, 7) is 9.39. The minimum Gasteiger partial charge on any atom is -0.497 e. The zero-order chi connectivity index (χ0) is 25.1. The van der Waals surface area contributed by atoms with Gasteiger partial charge in [0.15, 0.2) is 0 Å². The van der Waals surface area contributed by atoms with Crippen LogP contribution < -0.4 is 20.5 Å². The van der Waals surface area contributed by atoms with Crippen molar-refractivity contribution in [2.75, 3.05) is 26.1 Å². The van der Waals surface area contributed by atoms with E-state index < -0.39 is 0 Å². The maximum atomic E-state index is 12.9. The van der Waals surface area contributed by atoms with E-state index in [0.29, 0.717) is 18.9 Å². The number of ether oxygens (including phenoxy) is 2. The number of methoxy groups -OCH3 is 2. The molecule has 5 heteroatoms. The maximum Gasteiger partial charge on any atom is 0.224 e. The first-order valence-electron chi connectivity index (χ1n) is 12.6. The monoisotopic (exact) mass is 468 g/mol. The van der Waals surface area contributed by atoms with Gasteiger partial charge < -0.3 is 20.5 Å². The molecule has 0 aromatic heterocycles. The molecule has 1 amide bonds. The maximum absolute atomic E-state index is 12.9. The number of carbonyl (C=O) groups excluding carboxylic acids is 1. The van der Waals surface area contributed by atoms with Crippen LogP contribution in [0.1, 0.15) is 88.8 Å². The Morgan fingerprint density at radius 2 is 1.79 bits per heavy atom. The second-order valence-electron chi connectivity index (χ2n) is 10.1. The minimum absolute atomic E-state index is 0.0495. The van der Waals surface area contributed by atoms with Crippen LogP contribution in [-0.4, -0.2) is 26.7 Å². The molecule has 0 spiro atoms. The van der Waals surface area contributed by atoms with Crippen LogP contribution in [-0.2, 0) is 16.6 Å². The van der Waals surface area contributed by atoms with Gasteiger partial charge in [-0.15, -0.1) is 0 Å². The molecule has 0 saturated heterocycles. The normalized spacial score (nSPS) is 12.3. The highest BCUT2D eigenvalue weighted by molar-refractivity contribution is 5.91. The van der Waals surface area contributed by atoms with Crippen molar-refractivity contribution in [1.82, 2.24) is 0 Å². The number of amides is 1. The predicted molar refractivity (Wildman–Crippen MR) is 142 cm³/mol. The topological polar surface area (TPSA) is 73.6 Å². The van der Waals surface area contributed by atoms with Crippen LogP contribution in [0.3, 0.4) is 0 Å². The molecule has 2 aromatic carbocycles. The van der Waals surface area contributed by atoms with Crippen LogP contribution in [0.25, 0.3) is 0 Å². The molecule has 0 heterocycles. The van der Waals surface area contributed by atoms with Crippen LogP contribution in [0.2, 0.25) is 0 Å². The number of aryl methyl sites for hydroxylation is 1. The van der Waals surface area contributed by atoms with Gasteiger partial charge in [-0.2, -0.15) is 0 Å². The van der Waals surface area contributed by atoms with Crippen LogP contribution in [0.15, 0.2) is 36.4 Å². The zero-order valence-electron chi connectivity index (χ0n) is 22.0. The van der Waals surface area contributed by atoms with E-state index in [-0.39, 0.29) is 11.3 Å². The average molecular weight is 469 g/mol. The van der Waals surface area contributed by atoms with Gasteiger partial charge in [0.1, 0.15) is 11.5 Å². The van der Waals surface area contributed by atoms with E-state index in [9.17, 15) is 4.79 Å². The van der Waals surface area contributed by atoms with Gasteiger partial charge in [-0.1, -0.05) is 52.3 Å². The quantitative estimate of drug-likeness (QED) is 0.348. The van der Waals surface area contributed by atoms with Gasteiger partial charge in [-0.3, -0.25) is 4.79 Å². The Kier molecular flexibility index (Phi) is 10.9. The summed E-state index contributed by atoms with van der Waals surface area (Å²) in [5.74, 6) is 2.06. The highest BCUT2D eigenvalue weighted by Gasteiger charge is 2.20. The van der Waals surface area contributed by atoms with Crippen molar-refractivity contribution in [3.8, 4) is 11.5 Å². The molecule has 0 aliphatic carbocycles. The Morgan fingerprint density at radius 1 is 1.03 bits per heavy atom. The molecule has 0 radical (unpaired) electrons. The van der Waals surface area contributed by atoms with E-state index in [0.717, 1.165) is 61.3 Å². The summed E-state index contributed by atoms with van der Waals surface area (Å²) in [5.41, 5.74) is 10.1. The molecule has 1 unspecified atom stereocenters. The van der Waals surface area contributed by atoms with Gasteiger partial charge in [-0.25, -0.2) is 0 Å². The molecule has 0 bridgehead atoms. The van der Waals surface area contributed by atoms with Crippen molar-refractivity contribution in [2.24, 2.45) is 5.73 Å². The fraction of sp³-hybridized carbons (Fsp3) is 0.552. The molecule has 34 heavy (non-hydrogen) atoms. The van der Waals surface area contributed by atoms with E-state index >= 15 is 0 Å². The summed E-state index contributed by atoms with van der Waals surface area (Å²) in [5, 5.41) is 3.21. The third-order valence-electron chi connectivity index (χ3n) is 6.31. The van der Waals surface area contributed by atoms with Crippen molar-refractivity contribution in [2.45, 2.75) is 84.0 Å². The largest absolute Gasteiger partial charge is 0.497 e. The van der Waals surface area contributed by atoms with Crippen molar-refractivity contribution in [3.63, 3.8) is 0 Å². The van der Waals surface area contributed by atoms with Gasteiger partial charge in [0.25, 0.3) is 0 Å². The Bertz CT molecular complexity index is 918. The number of rotatable bonds is 13. The number of benzene rings is 2. The van der Waals surface area contributed by atoms with Crippen molar-refractivity contribution >= 4 is 11.6 Å². The lowest BCUT2D eigenvalue weighted by atomic mass is 9.84. The third kappa shape index (κ3) is 8.05. The Hall–Kier alpha value is -2.53. The minimum atomic E-state index is -0.0495. The molecule has 0 saturated carbocycles. The molecule has 5 nitrogen and oxygen atoms in total. The summed E-state index contributed by atoms with van der Waals surface area (Å²) in [6.07, 6.45) is 6.26. The standard InChI is InChI=1S/C29H44N2O3/c1-7-10-22(24-16-15-23(33-5)20-27(24)34-6)12-8-13-28(32)31-26-19-21(11-9-18-30)14-17-25(26)29(2,3)4/h14-17,19-20,22H,7-13,18,30H2,1-6H3,(H,31,32). The highest BCUT2D eigenvalue weighted by Crippen LogP contribution is 2.36. The van der Waals surface area contributed by atoms with Crippen molar-refractivity contribution in [1.29, 1.82) is 0 Å². The van der Waals surface area contributed by atoms with E-state index in [1.807, 2.05) is 12.1 Å². The van der Waals surface area contributed by atoms with Crippen molar-refractivity contribution in [3.05, 3.63) is 53.1 Å². The summed E-state index contributed by atoms with van der Waals surface area (Å²) in [6, 6.07) is 12.4. The number of nitrogens with one attached hydrogen (secondary N) is 1. The van der Waals surface area contributed by atoms with E-state index in [2.05, 4.69) is 57.3 Å². The number of hydrogen-bond donors (Lipinski definition) is 2. The second-order valence-corrected chi connectivity index (χ2v) is 10.1. The van der Waals surface area contributed by atoms with Gasteiger partial charge in [0.05, 0.1) is 14.2 Å². The van der Waals surface area contributed by atoms with Crippen molar-refractivity contribution < 1.29 is 14.3 Å². The van der Waals surface area contributed by atoms with Crippen LogP contribution in [0.4, 0.5) is 5.69 Å². The van der Waals surface area contributed by atoms with E-state index in [4.69, 9.17) is 15.2 Å². The SMILES string of the molecule is CCCC(CCCC(=O)Nc1cc(CCCN)ccc1C(C)(C)C)c1ccc(OC)cc1OC. The lowest BCUT2D eigenvalue weighted by molar-refractivity contribution is -0.116. The molecule has 0 aliphatic rings. The number of nitrogens with two attached hydrogens (primary N) is 1. The Labute approximate surface area is 206 Å². The molecule has 188 valence electrons. The molecular formula is C29H44N2O3. The Morgan fingerprint density at radius 3 is 2.41 bits per heavy atom. The second kappa shape index (κ2) is 13.4. The van der Waals surface area contributed by atoms with Crippen LogP contribution >= 0.6 is 0 Å². The predicted octanol–water partition coefficient (Wildman–Crippen LogP) is 6.59. The summed E-state index contributed by atoms with van der Waals surface area (Å²) >= 11 is 0.